The van der Waals surface area contributed by atoms with Gasteiger partial charge in [-0.3, -0.25) is 9.59 Å². The van der Waals surface area contributed by atoms with Gasteiger partial charge in [-0.15, -0.1) is 0 Å². The zero-order chi connectivity index (χ0) is 22.9. The van der Waals surface area contributed by atoms with E-state index in [9.17, 15) is 9.59 Å². The molecule has 0 heterocycles. The molecular weight excluding hydrogens is 422 g/mol. The Morgan fingerprint density at radius 2 is 1.59 bits per heavy atom. The highest BCUT2D eigenvalue weighted by Crippen LogP contribution is 2.20. The van der Waals surface area contributed by atoms with Crippen LogP contribution in [0.1, 0.15) is 28.4 Å². The van der Waals surface area contributed by atoms with Crippen molar-refractivity contribution in [2.45, 2.75) is 20.3 Å². The lowest BCUT2D eigenvalue weighted by Crippen LogP contribution is -2.35. The lowest BCUT2D eigenvalue weighted by molar-refractivity contribution is -0.119. The predicted molar refractivity (Wildman–Crippen MR) is 131 cm³/mol. The Labute approximate surface area is 193 Å². The minimum absolute atomic E-state index is 0.130. The van der Waals surface area contributed by atoms with Gasteiger partial charge in [-0.25, -0.2) is 0 Å². The zero-order valence-corrected chi connectivity index (χ0v) is 18.8. The largest absolute Gasteiger partial charge is 0.494 e. The smallest absolute Gasteiger partial charge is 0.257 e. The van der Waals surface area contributed by atoms with Crippen LogP contribution in [-0.2, 0) is 11.2 Å². The SMILES string of the molecule is CCOc1ccc(NC(=O)c2ccccc2NC(=S)NC(=O)Cc2ccccc2C)cc1. The minimum atomic E-state index is -0.300. The van der Waals surface area contributed by atoms with Crippen molar-refractivity contribution in [3.8, 4) is 5.75 Å². The normalized spacial score (nSPS) is 10.2. The van der Waals surface area contributed by atoms with E-state index in [1.165, 1.54) is 0 Å². The number of amides is 2. The van der Waals surface area contributed by atoms with Gasteiger partial charge in [0.1, 0.15) is 5.75 Å². The molecule has 0 saturated carbocycles. The molecule has 0 fully saturated rings. The van der Waals surface area contributed by atoms with Gasteiger partial charge >= 0.3 is 0 Å². The van der Waals surface area contributed by atoms with Gasteiger partial charge < -0.3 is 20.7 Å². The lowest BCUT2D eigenvalue weighted by Gasteiger charge is -2.14. The first-order chi connectivity index (χ1) is 15.5. The molecule has 0 aliphatic rings. The summed E-state index contributed by atoms with van der Waals surface area (Å²) >= 11 is 5.29. The number of anilines is 2. The number of carbonyl (C=O) groups excluding carboxylic acids is 2. The van der Waals surface area contributed by atoms with Crippen LogP contribution in [0.5, 0.6) is 5.75 Å². The molecule has 3 aromatic carbocycles. The number of benzene rings is 3. The minimum Gasteiger partial charge on any atom is -0.494 e. The van der Waals surface area contributed by atoms with E-state index >= 15 is 0 Å². The second kappa shape index (κ2) is 11.1. The van der Waals surface area contributed by atoms with Crippen LogP contribution >= 0.6 is 12.2 Å². The molecule has 0 spiro atoms. The molecule has 6 nitrogen and oxygen atoms in total. The Morgan fingerprint density at radius 3 is 2.31 bits per heavy atom. The van der Waals surface area contributed by atoms with Gasteiger partial charge in [0, 0.05) is 5.69 Å². The van der Waals surface area contributed by atoms with Crippen LogP contribution in [0.4, 0.5) is 11.4 Å². The van der Waals surface area contributed by atoms with Gasteiger partial charge in [0.15, 0.2) is 5.11 Å². The average molecular weight is 448 g/mol. The van der Waals surface area contributed by atoms with Crippen molar-refractivity contribution in [3.05, 3.63) is 89.5 Å². The van der Waals surface area contributed by atoms with Gasteiger partial charge in [-0.05, 0) is 73.6 Å². The first-order valence-corrected chi connectivity index (χ1v) is 10.7. The summed E-state index contributed by atoms with van der Waals surface area (Å²) < 4.78 is 5.42. The average Bonchev–Trinajstić information content (AvgIpc) is 2.77. The highest BCUT2D eigenvalue weighted by Gasteiger charge is 2.14. The summed E-state index contributed by atoms with van der Waals surface area (Å²) in [5.74, 6) is 0.207. The van der Waals surface area contributed by atoms with Crippen LogP contribution < -0.4 is 20.7 Å². The molecule has 0 aromatic heterocycles. The first kappa shape index (κ1) is 23.0. The number of para-hydroxylation sites is 1. The summed E-state index contributed by atoms with van der Waals surface area (Å²) in [5.41, 5.74) is 3.51. The molecule has 0 bridgehead atoms. The fourth-order valence-electron chi connectivity index (χ4n) is 3.10. The molecule has 0 radical (unpaired) electrons. The van der Waals surface area contributed by atoms with E-state index in [1.807, 2.05) is 38.1 Å². The zero-order valence-electron chi connectivity index (χ0n) is 18.0. The Bertz CT molecular complexity index is 1110. The number of aryl methyl sites for hydroxylation is 1. The number of thiocarbonyl (C=S) groups is 1. The number of nitrogens with one attached hydrogen (secondary N) is 3. The van der Waals surface area contributed by atoms with Crippen molar-refractivity contribution in [2.75, 3.05) is 17.2 Å². The van der Waals surface area contributed by atoms with Crippen LogP contribution in [0.25, 0.3) is 0 Å². The molecule has 32 heavy (non-hydrogen) atoms. The molecule has 3 rings (SSSR count). The van der Waals surface area contributed by atoms with Crippen molar-refractivity contribution >= 4 is 40.5 Å². The van der Waals surface area contributed by atoms with Gasteiger partial charge in [-0.2, -0.15) is 0 Å². The van der Waals surface area contributed by atoms with Gasteiger partial charge in [0.2, 0.25) is 5.91 Å². The molecule has 0 atom stereocenters. The summed E-state index contributed by atoms with van der Waals surface area (Å²) in [6, 6.07) is 21.8. The Kier molecular flexibility index (Phi) is 7.94. The summed E-state index contributed by atoms with van der Waals surface area (Å²) in [6.45, 7) is 4.44. The quantitative estimate of drug-likeness (QED) is 0.458. The summed E-state index contributed by atoms with van der Waals surface area (Å²) in [7, 11) is 0. The summed E-state index contributed by atoms with van der Waals surface area (Å²) in [6.07, 6.45) is 0.217. The maximum absolute atomic E-state index is 12.8. The maximum atomic E-state index is 12.8. The molecule has 0 aliphatic carbocycles. The third-order valence-corrected chi connectivity index (χ3v) is 4.91. The van der Waals surface area contributed by atoms with Gasteiger partial charge in [0.25, 0.3) is 5.91 Å². The third-order valence-electron chi connectivity index (χ3n) is 4.71. The van der Waals surface area contributed by atoms with E-state index in [0.29, 0.717) is 23.5 Å². The molecule has 164 valence electrons. The van der Waals surface area contributed by atoms with E-state index < -0.39 is 0 Å². The molecular formula is C25H25N3O3S. The van der Waals surface area contributed by atoms with E-state index in [0.717, 1.165) is 16.9 Å². The molecule has 2 amide bonds. The van der Waals surface area contributed by atoms with Crippen LogP contribution in [-0.4, -0.2) is 23.5 Å². The van der Waals surface area contributed by atoms with Crippen LogP contribution in [0.2, 0.25) is 0 Å². The fourth-order valence-corrected chi connectivity index (χ4v) is 3.32. The van der Waals surface area contributed by atoms with E-state index in [1.54, 1.807) is 48.5 Å². The van der Waals surface area contributed by atoms with Crippen LogP contribution in [0.3, 0.4) is 0 Å². The number of hydrogen-bond acceptors (Lipinski definition) is 4. The van der Waals surface area contributed by atoms with E-state index in [-0.39, 0.29) is 23.3 Å². The highest BCUT2D eigenvalue weighted by atomic mass is 32.1. The second-order valence-electron chi connectivity index (χ2n) is 7.06. The molecule has 7 heteroatoms. The summed E-state index contributed by atoms with van der Waals surface area (Å²) in [4.78, 5) is 25.2. The third kappa shape index (κ3) is 6.39. The van der Waals surface area contributed by atoms with Crippen LogP contribution in [0, 0.1) is 6.92 Å². The highest BCUT2D eigenvalue weighted by molar-refractivity contribution is 7.80. The van der Waals surface area contributed by atoms with E-state index in [4.69, 9.17) is 17.0 Å². The Morgan fingerprint density at radius 1 is 0.906 bits per heavy atom. The fraction of sp³-hybridized carbons (Fsp3) is 0.160. The molecule has 0 aliphatic heterocycles. The van der Waals surface area contributed by atoms with Gasteiger partial charge in [0.05, 0.1) is 24.3 Å². The number of ether oxygens (including phenoxy) is 1. The Hall–Kier alpha value is -3.71. The van der Waals surface area contributed by atoms with Crippen molar-refractivity contribution in [1.82, 2.24) is 5.32 Å². The van der Waals surface area contributed by atoms with Crippen LogP contribution in [0.15, 0.2) is 72.8 Å². The number of carbonyl (C=O) groups is 2. The number of rotatable bonds is 7. The van der Waals surface area contributed by atoms with Crippen molar-refractivity contribution in [3.63, 3.8) is 0 Å². The monoisotopic (exact) mass is 447 g/mol. The van der Waals surface area contributed by atoms with Crippen molar-refractivity contribution in [1.29, 1.82) is 0 Å². The predicted octanol–water partition coefficient (Wildman–Crippen LogP) is 4.70. The second-order valence-corrected chi connectivity index (χ2v) is 7.47. The topological polar surface area (TPSA) is 79.5 Å². The maximum Gasteiger partial charge on any atom is 0.257 e. The first-order valence-electron chi connectivity index (χ1n) is 10.2. The molecule has 3 N–H and O–H groups in total. The molecule has 0 saturated heterocycles. The standard InChI is InChI=1S/C25H25N3O3S/c1-3-31-20-14-12-19(13-15-20)26-24(30)21-10-6-7-11-22(21)27-25(32)28-23(29)16-18-9-5-4-8-17(18)2/h4-15H,3,16H2,1-2H3,(H,26,30)(H2,27,28,29,32). The number of hydrogen-bond donors (Lipinski definition) is 3. The van der Waals surface area contributed by atoms with Crippen molar-refractivity contribution in [2.24, 2.45) is 0 Å². The molecule has 3 aromatic rings. The van der Waals surface area contributed by atoms with Crippen molar-refractivity contribution < 1.29 is 14.3 Å². The lowest BCUT2D eigenvalue weighted by atomic mass is 10.1. The molecule has 0 unspecified atom stereocenters. The van der Waals surface area contributed by atoms with Gasteiger partial charge in [-0.1, -0.05) is 36.4 Å². The Balaban J connectivity index is 1.62. The summed E-state index contributed by atoms with van der Waals surface area (Å²) in [5, 5.41) is 8.61. The van der Waals surface area contributed by atoms with E-state index in [2.05, 4.69) is 16.0 Å².